The predicted octanol–water partition coefficient (Wildman–Crippen LogP) is 2.93. The third-order valence-electron chi connectivity index (χ3n) is 3.20. The number of oxime groups is 1. The summed E-state index contributed by atoms with van der Waals surface area (Å²) in [5.41, 5.74) is 3.10. The van der Waals surface area contributed by atoms with Crippen molar-refractivity contribution in [2.75, 3.05) is 7.11 Å². The van der Waals surface area contributed by atoms with Crippen LogP contribution in [0, 0.1) is 5.92 Å². The van der Waals surface area contributed by atoms with Gasteiger partial charge in [-0.15, -0.1) is 0 Å². The molecular weight excluding hydrogens is 242 g/mol. The van der Waals surface area contributed by atoms with Gasteiger partial charge in [-0.25, -0.2) is 4.79 Å². The monoisotopic (exact) mass is 261 g/mol. The van der Waals surface area contributed by atoms with Crippen molar-refractivity contribution in [3.63, 3.8) is 0 Å². The predicted molar refractivity (Wildman–Crippen MR) is 73.4 cm³/mol. The van der Waals surface area contributed by atoms with E-state index in [1.165, 1.54) is 5.56 Å². The summed E-state index contributed by atoms with van der Waals surface area (Å²) in [4.78, 5) is 16.4. The molecule has 0 aliphatic heterocycles. The Balaban J connectivity index is 2.22. The molecule has 2 rings (SSSR count). The smallest absolute Gasteiger partial charge is 0.337 e. The zero-order valence-corrected chi connectivity index (χ0v) is 11.6. The molecule has 0 amide bonds. The van der Waals surface area contributed by atoms with Crippen molar-refractivity contribution in [1.29, 1.82) is 0 Å². The van der Waals surface area contributed by atoms with Crippen LogP contribution in [0.4, 0.5) is 0 Å². The quantitative estimate of drug-likeness (QED) is 0.621. The Kier molecular flexibility index (Phi) is 4.20. The Labute approximate surface area is 113 Å². The van der Waals surface area contributed by atoms with Crippen molar-refractivity contribution in [1.82, 2.24) is 0 Å². The van der Waals surface area contributed by atoms with Crippen molar-refractivity contribution < 1.29 is 14.4 Å². The van der Waals surface area contributed by atoms with E-state index in [0.717, 1.165) is 36.3 Å². The molecule has 0 heterocycles. The molecule has 4 heteroatoms. The number of carbonyl (C=O) groups is 1. The van der Waals surface area contributed by atoms with Crippen LogP contribution in [0.25, 0.3) is 0 Å². The third-order valence-corrected chi connectivity index (χ3v) is 3.20. The van der Waals surface area contributed by atoms with E-state index in [9.17, 15) is 4.79 Å². The molecule has 1 aromatic rings. The van der Waals surface area contributed by atoms with E-state index in [4.69, 9.17) is 9.57 Å². The summed E-state index contributed by atoms with van der Waals surface area (Å²) in [5, 5.41) is 4.03. The molecule has 0 saturated carbocycles. The number of methoxy groups -OCH3 is 1. The van der Waals surface area contributed by atoms with Crippen LogP contribution in [-0.4, -0.2) is 18.8 Å². The highest BCUT2D eigenvalue weighted by molar-refractivity contribution is 6.02. The number of aryl methyl sites for hydroxylation is 1. The average molecular weight is 261 g/mol. The third kappa shape index (κ3) is 3.13. The van der Waals surface area contributed by atoms with Gasteiger partial charge >= 0.3 is 5.97 Å². The first-order valence-corrected chi connectivity index (χ1v) is 6.57. The lowest BCUT2D eigenvalue weighted by Crippen LogP contribution is -2.15. The summed E-state index contributed by atoms with van der Waals surface area (Å²) >= 11 is 0. The van der Waals surface area contributed by atoms with Gasteiger partial charge in [0.25, 0.3) is 0 Å². The van der Waals surface area contributed by atoms with Crippen LogP contribution in [0.15, 0.2) is 23.4 Å². The zero-order chi connectivity index (χ0) is 13.8. The van der Waals surface area contributed by atoms with Crippen LogP contribution in [0.1, 0.15) is 37.8 Å². The second-order valence-electron chi connectivity index (χ2n) is 4.98. The number of ether oxygens (including phenoxy) is 1. The lowest BCUT2D eigenvalue weighted by molar-refractivity contribution is -0.147. The Morgan fingerprint density at radius 2 is 2.11 bits per heavy atom. The number of fused-ring (bicyclic) bond motifs is 1. The normalized spacial score (nSPS) is 16.3. The van der Waals surface area contributed by atoms with Crippen LogP contribution >= 0.6 is 0 Å². The van der Waals surface area contributed by atoms with Crippen LogP contribution in [0.5, 0.6) is 5.75 Å². The summed E-state index contributed by atoms with van der Waals surface area (Å²) in [6, 6.07) is 5.91. The van der Waals surface area contributed by atoms with E-state index in [0.29, 0.717) is 0 Å². The van der Waals surface area contributed by atoms with E-state index < -0.39 is 0 Å². The van der Waals surface area contributed by atoms with Crippen LogP contribution in [-0.2, 0) is 16.1 Å². The first-order valence-electron chi connectivity index (χ1n) is 6.57. The molecule has 0 spiro atoms. The Morgan fingerprint density at radius 1 is 1.32 bits per heavy atom. The second kappa shape index (κ2) is 5.87. The van der Waals surface area contributed by atoms with E-state index in [2.05, 4.69) is 5.16 Å². The van der Waals surface area contributed by atoms with Gasteiger partial charge in [0.2, 0.25) is 0 Å². The molecule has 4 nitrogen and oxygen atoms in total. The lowest BCUT2D eigenvalue weighted by atomic mass is 9.90. The van der Waals surface area contributed by atoms with Gasteiger partial charge in [0, 0.05) is 5.56 Å². The molecule has 102 valence electrons. The molecule has 1 aliphatic rings. The van der Waals surface area contributed by atoms with Crippen LogP contribution in [0.2, 0.25) is 0 Å². The highest BCUT2D eigenvalue weighted by Gasteiger charge is 2.18. The molecule has 1 aliphatic carbocycles. The molecule has 0 saturated heterocycles. The summed E-state index contributed by atoms with van der Waals surface area (Å²) in [5.74, 6) is 0.385. The molecule has 0 unspecified atom stereocenters. The Bertz CT molecular complexity index is 506. The maximum atomic E-state index is 11.4. The molecule has 0 aromatic heterocycles. The molecular formula is C15H19NO3. The summed E-state index contributed by atoms with van der Waals surface area (Å²) in [7, 11) is 1.66. The van der Waals surface area contributed by atoms with Crippen molar-refractivity contribution >= 4 is 11.7 Å². The van der Waals surface area contributed by atoms with E-state index >= 15 is 0 Å². The van der Waals surface area contributed by atoms with Crippen molar-refractivity contribution in [3.8, 4) is 5.75 Å². The zero-order valence-electron chi connectivity index (χ0n) is 11.6. The molecule has 0 radical (unpaired) electrons. The Hall–Kier alpha value is -1.84. The standard InChI is InChI=1S/C15H19NO3/c1-10(2)15(17)19-16-14-6-4-5-11-9-12(18-3)7-8-13(11)14/h7-10H,4-6H2,1-3H3/b16-14+. The van der Waals surface area contributed by atoms with Gasteiger partial charge in [0.1, 0.15) is 5.75 Å². The number of rotatable bonds is 3. The topological polar surface area (TPSA) is 47.9 Å². The van der Waals surface area contributed by atoms with Gasteiger partial charge in [-0.3, -0.25) is 0 Å². The number of carbonyl (C=O) groups excluding carboxylic acids is 1. The van der Waals surface area contributed by atoms with Gasteiger partial charge in [0.15, 0.2) is 0 Å². The highest BCUT2D eigenvalue weighted by atomic mass is 16.7. The molecule has 0 bridgehead atoms. The number of hydrogen-bond acceptors (Lipinski definition) is 4. The van der Waals surface area contributed by atoms with Crippen LogP contribution in [0.3, 0.4) is 0 Å². The highest BCUT2D eigenvalue weighted by Crippen LogP contribution is 2.26. The first-order chi connectivity index (χ1) is 9.11. The summed E-state index contributed by atoms with van der Waals surface area (Å²) in [6.45, 7) is 3.59. The van der Waals surface area contributed by atoms with Gasteiger partial charge in [-0.05, 0) is 43.0 Å². The molecule has 0 fully saturated rings. The molecule has 0 atom stereocenters. The van der Waals surface area contributed by atoms with Crippen molar-refractivity contribution in [2.24, 2.45) is 11.1 Å². The van der Waals surface area contributed by atoms with Crippen molar-refractivity contribution in [2.45, 2.75) is 33.1 Å². The fraction of sp³-hybridized carbons (Fsp3) is 0.467. The summed E-state index contributed by atoms with van der Waals surface area (Å²) < 4.78 is 5.22. The van der Waals surface area contributed by atoms with E-state index in [-0.39, 0.29) is 11.9 Å². The number of hydrogen-bond donors (Lipinski definition) is 0. The maximum Gasteiger partial charge on any atom is 0.337 e. The molecule has 1 aromatic carbocycles. The minimum Gasteiger partial charge on any atom is -0.497 e. The number of nitrogens with zero attached hydrogens (tertiary/aromatic N) is 1. The lowest BCUT2D eigenvalue weighted by Gasteiger charge is -2.18. The Morgan fingerprint density at radius 3 is 2.79 bits per heavy atom. The fourth-order valence-electron chi connectivity index (χ4n) is 2.07. The largest absolute Gasteiger partial charge is 0.497 e. The van der Waals surface area contributed by atoms with E-state index in [1.54, 1.807) is 21.0 Å². The number of benzene rings is 1. The second-order valence-corrected chi connectivity index (χ2v) is 4.98. The maximum absolute atomic E-state index is 11.4. The van der Waals surface area contributed by atoms with Crippen LogP contribution < -0.4 is 4.74 Å². The van der Waals surface area contributed by atoms with Crippen molar-refractivity contribution in [3.05, 3.63) is 29.3 Å². The molecule has 19 heavy (non-hydrogen) atoms. The van der Waals surface area contributed by atoms with Gasteiger partial charge in [-0.1, -0.05) is 19.0 Å². The summed E-state index contributed by atoms with van der Waals surface area (Å²) in [6.07, 6.45) is 2.85. The minimum atomic E-state index is -0.298. The van der Waals surface area contributed by atoms with E-state index in [1.807, 2.05) is 18.2 Å². The minimum absolute atomic E-state index is 0.164. The molecule has 0 N–H and O–H groups in total. The van der Waals surface area contributed by atoms with Gasteiger partial charge < -0.3 is 9.57 Å². The fourth-order valence-corrected chi connectivity index (χ4v) is 2.07. The average Bonchev–Trinajstić information content (AvgIpc) is 2.43. The van der Waals surface area contributed by atoms with Gasteiger partial charge in [-0.2, -0.15) is 0 Å². The van der Waals surface area contributed by atoms with Gasteiger partial charge in [0.05, 0.1) is 18.7 Å². The first kappa shape index (κ1) is 13.6. The SMILES string of the molecule is COc1ccc2c(c1)CCC/C2=N\OC(=O)C(C)C.